The van der Waals surface area contributed by atoms with E-state index in [1.165, 1.54) is 0 Å². The molecule has 1 rings (SSSR count). The molecule has 1 N–H and O–H groups in total. The summed E-state index contributed by atoms with van der Waals surface area (Å²) < 4.78 is 6.10. The lowest BCUT2D eigenvalue weighted by molar-refractivity contribution is 0.284. The summed E-state index contributed by atoms with van der Waals surface area (Å²) in [6.07, 6.45) is 3.19. The Morgan fingerprint density at radius 1 is 1.60 bits per heavy atom. The molecule has 10 heavy (non-hydrogen) atoms. The van der Waals surface area contributed by atoms with Crippen LogP contribution in [-0.2, 0) is 6.42 Å². The minimum Gasteiger partial charge on any atom is -0.468 e. The van der Waals surface area contributed by atoms with E-state index in [9.17, 15) is 0 Å². The van der Waals surface area contributed by atoms with E-state index in [0.717, 1.165) is 23.1 Å². The zero-order chi connectivity index (χ0) is 7.40. The normalized spacial score (nSPS) is 10.2. The van der Waals surface area contributed by atoms with Crippen LogP contribution >= 0.6 is 15.9 Å². The van der Waals surface area contributed by atoms with Crippen molar-refractivity contribution in [3.63, 3.8) is 0 Å². The van der Waals surface area contributed by atoms with Crippen molar-refractivity contribution < 1.29 is 9.52 Å². The molecule has 0 aliphatic heterocycles. The maximum atomic E-state index is 8.50. The van der Waals surface area contributed by atoms with Crippen molar-refractivity contribution in [3.05, 3.63) is 22.6 Å². The van der Waals surface area contributed by atoms with E-state index in [2.05, 4.69) is 15.9 Å². The molecule has 0 aliphatic carbocycles. The largest absolute Gasteiger partial charge is 0.468 e. The third-order valence-electron chi connectivity index (χ3n) is 1.25. The predicted molar refractivity (Wildman–Crippen MR) is 41.8 cm³/mol. The Morgan fingerprint density at radius 2 is 2.40 bits per heavy atom. The quantitative estimate of drug-likeness (QED) is 0.818. The van der Waals surface area contributed by atoms with E-state index in [-0.39, 0.29) is 6.61 Å². The Hall–Kier alpha value is -0.280. The summed E-state index contributed by atoms with van der Waals surface area (Å²) in [6, 6.07) is 1.85. The van der Waals surface area contributed by atoms with Crippen LogP contribution in [0.25, 0.3) is 0 Å². The molecule has 0 aliphatic rings. The highest BCUT2D eigenvalue weighted by atomic mass is 79.9. The average molecular weight is 205 g/mol. The molecule has 0 aromatic carbocycles. The number of aliphatic hydroxyl groups is 1. The SMILES string of the molecule is OCCCc1occc1Br. The van der Waals surface area contributed by atoms with E-state index in [4.69, 9.17) is 9.52 Å². The molecule has 0 saturated heterocycles. The maximum absolute atomic E-state index is 8.50. The fourth-order valence-corrected chi connectivity index (χ4v) is 1.14. The van der Waals surface area contributed by atoms with Gasteiger partial charge in [-0.25, -0.2) is 0 Å². The first-order chi connectivity index (χ1) is 4.84. The van der Waals surface area contributed by atoms with Crippen LogP contribution < -0.4 is 0 Å². The smallest absolute Gasteiger partial charge is 0.117 e. The number of hydrogen-bond donors (Lipinski definition) is 1. The molecular formula is C7H9BrO2. The summed E-state index contributed by atoms with van der Waals surface area (Å²) >= 11 is 3.32. The van der Waals surface area contributed by atoms with Crippen LogP contribution in [0.1, 0.15) is 12.2 Å². The lowest BCUT2D eigenvalue weighted by atomic mass is 10.3. The van der Waals surface area contributed by atoms with Crippen LogP contribution in [0.4, 0.5) is 0 Å². The average Bonchev–Trinajstić information content (AvgIpc) is 2.31. The monoisotopic (exact) mass is 204 g/mol. The zero-order valence-corrected chi connectivity index (χ0v) is 7.10. The molecular weight excluding hydrogens is 196 g/mol. The molecule has 0 fully saturated rings. The van der Waals surface area contributed by atoms with Gasteiger partial charge in [0.25, 0.3) is 0 Å². The zero-order valence-electron chi connectivity index (χ0n) is 5.51. The van der Waals surface area contributed by atoms with E-state index >= 15 is 0 Å². The summed E-state index contributed by atoms with van der Waals surface area (Å²) in [5.74, 6) is 0.911. The van der Waals surface area contributed by atoms with Crippen LogP contribution in [0.5, 0.6) is 0 Å². The van der Waals surface area contributed by atoms with E-state index in [1.54, 1.807) is 6.26 Å². The molecule has 0 atom stereocenters. The number of aryl methyl sites for hydroxylation is 1. The fraction of sp³-hybridized carbons (Fsp3) is 0.429. The third-order valence-corrected chi connectivity index (χ3v) is 1.96. The van der Waals surface area contributed by atoms with E-state index in [1.807, 2.05) is 6.07 Å². The first-order valence-corrected chi connectivity index (χ1v) is 3.96. The first-order valence-electron chi connectivity index (χ1n) is 3.17. The second-order valence-corrected chi connectivity index (χ2v) is 2.87. The highest BCUT2D eigenvalue weighted by Crippen LogP contribution is 2.18. The minimum absolute atomic E-state index is 0.215. The molecule has 0 bridgehead atoms. The molecule has 0 radical (unpaired) electrons. The highest BCUT2D eigenvalue weighted by Gasteiger charge is 2.00. The van der Waals surface area contributed by atoms with Crippen molar-refractivity contribution in [1.29, 1.82) is 0 Å². The van der Waals surface area contributed by atoms with Gasteiger partial charge in [-0.2, -0.15) is 0 Å². The first kappa shape index (κ1) is 7.82. The minimum atomic E-state index is 0.215. The topological polar surface area (TPSA) is 33.4 Å². The van der Waals surface area contributed by atoms with Gasteiger partial charge in [-0.15, -0.1) is 0 Å². The lowest BCUT2D eigenvalue weighted by Crippen LogP contribution is -1.87. The maximum Gasteiger partial charge on any atom is 0.117 e. The second-order valence-electron chi connectivity index (χ2n) is 2.02. The van der Waals surface area contributed by atoms with Crippen molar-refractivity contribution in [2.45, 2.75) is 12.8 Å². The van der Waals surface area contributed by atoms with Gasteiger partial charge in [0.1, 0.15) is 5.76 Å². The van der Waals surface area contributed by atoms with Gasteiger partial charge in [0, 0.05) is 13.0 Å². The number of rotatable bonds is 3. The summed E-state index contributed by atoms with van der Waals surface area (Å²) in [5, 5.41) is 8.50. The van der Waals surface area contributed by atoms with Gasteiger partial charge >= 0.3 is 0 Å². The van der Waals surface area contributed by atoms with E-state index in [0.29, 0.717) is 0 Å². The third kappa shape index (κ3) is 1.85. The summed E-state index contributed by atoms with van der Waals surface area (Å²) in [7, 11) is 0. The second kappa shape index (κ2) is 3.78. The van der Waals surface area contributed by atoms with Crippen molar-refractivity contribution in [1.82, 2.24) is 0 Å². The Balaban J connectivity index is 2.49. The van der Waals surface area contributed by atoms with Gasteiger partial charge in [0.2, 0.25) is 0 Å². The lowest BCUT2D eigenvalue weighted by Gasteiger charge is -1.92. The van der Waals surface area contributed by atoms with Crippen LogP contribution in [-0.4, -0.2) is 11.7 Å². The van der Waals surface area contributed by atoms with Crippen molar-refractivity contribution in [2.75, 3.05) is 6.61 Å². The Labute approximate surface area is 68.0 Å². The number of hydrogen-bond acceptors (Lipinski definition) is 2. The Morgan fingerprint density at radius 3 is 2.90 bits per heavy atom. The van der Waals surface area contributed by atoms with Gasteiger partial charge in [-0.3, -0.25) is 0 Å². The van der Waals surface area contributed by atoms with Crippen LogP contribution in [0, 0.1) is 0 Å². The van der Waals surface area contributed by atoms with Gasteiger partial charge in [0.05, 0.1) is 10.7 Å². The van der Waals surface area contributed by atoms with Gasteiger partial charge < -0.3 is 9.52 Å². The molecule has 0 spiro atoms. The van der Waals surface area contributed by atoms with E-state index < -0.39 is 0 Å². The summed E-state index contributed by atoms with van der Waals surface area (Å²) in [4.78, 5) is 0. The fourth-order valence-electron chi connectivity index (χ4n) is 0.743. The van der Waals surface area contributed by atoms with Gasteiger partial charge in [0.15, 0.2) is 0 Å². The molecule has 2 nitrogen and oxygen atoms in total. The molecule has 0 unspecified atom stereocenters. The van der Waals surface area contributed by atoms with Crippen LogP contribution in [0.3, 0.4) is 0 Å². The summed E-state index contributed by atoms with van der Waals surface area (Å²) in [5.41, 5.74) is 0. The molecule has 1 aromatic heterocycles. The number of furan rings is 1. The molecule has 1 heterocycles. The Bertz CT molecular complexity index is 195. The summed E-state index contributed by atoms with van der Waals surface area (Å²) in [6.45, 7) is 0.215. The molecule has 0 amide bonds. The van der Waals surface area contributed by atoms with Crippen LogP contribution in [0.15, 0.2) is 21.2 Å². The van der Waals surface area contributed by atoms with Gasteiger partial charge in [-0.1, -0.05) is 0 Å². The predicted octanol–water partition coefficient (Wildman–Crippen LogP) is 1.97. The molecule has 3 heteroatoms. The van der Waals surface area contributed by atoms with Crippen LogP contribution in [0.2, 0.25) is 0 Å². The molecule has 56 valence electrons. The number of halogens is 1. The molecule has 1 aromatic rings. The standard InChI is InChI=1S/C7H9BrO2/c8-6-3-5-10-7(6)2-1-4-9/h3,5,9H,1-2,4H2. The van der Waals surface area contributed by atoms with Gasteiger partial charge in [-0.05, 0) is 28.4 Å². The van der Waals surface area contributed by atoms with Crippen molar-refractivity contribution in [3.8, 4) is 0 Å². The Kier molecular flexibility index (Phi) is 2.96. The highest BCUT2D eigenvalue weighted by molar-refractivity contribution is 9.10. The van der Waals surface area contributed by atoms with Crippen molar-refractivity contribution >= 4 is 15.9 Å². The number of aliphatic hydroxyl groups excluding tert-OH is 1. The molecule has 0 saturated carbocycles. The van der Waals surface area contributed by atoms with Crippen molar-refractivity contribution in [2.24, 2.45) is 0 Å².